The molecule has 0 saturated heterocycles. The Morgan fingerprint density at radius 3 is 2.29 bits per heavy atom. The van der Waals surface area contributed by atoms with Crippen LogP contribution in [0.15, 0.2) is 126 Å². The Kier molecular flexibility index (Phi) is 6.81. The van der Waals surface area contributed by atoms with E-state index in [2.05, 4.69) is 0 Å². The van der Waals surface area contributed by atoms with E-state index >= 15 is 0 Å². The fourth-order valence-corrected chi connectivity index (χ4v) is 7.45. The third-order valence-corrected chi connectivity index (χ3v) is 9.72. The topological polar surface area (TPSA) is 87.8 Å². The molecule has 0 bridgehead atoms. The van der Waals surface area contributed by atoms with E-state index in [1.54, 1.807) is 30.4 Å². The lowest BCUT2D eigenvalue weighted by atomic mass is 9.86. The Hall–Kier alpha value is -4.53. The fraction of sp³-hybridized carbons (Fsp3) is 0.121. The van der Waals surface area contributed by atoms with Crippen LogP contribution in [0, 0.1) is 5.82 Å². The number of sulfonamides is 1. The SMILES string of the molecule is O=C(O)CN(Cc1cccc(F)c1)S(=O)(=O)C1(c2cccc3c2oc2ccccc23)C=CC(c2ccccc2)C=C1. The Bertz CT molecular complexity index is 1910. The molecular weight excluding hydrogens is 541 g/mol. The van der Waals surface area contributed by atoms with Crippen molar-refractivity contribution in [2.24, 2.45) is 0 Å². The summed E-state index contributed by atoms with van der Waals surface area (Å²) >= 11 is 0. The second-order valence-corrected chi connectivity index (χ2v) is 12.2. The molecule has 4 aromatic carbocycles. The van der Waals surface area contributed by atoms with E-state index < -0.39 is 33.1 Å². The van der Waals surface area contributed by atoms with E-state index in [1.807, 2.05) is 72.8 Å². The molecule has 5 aromatic rings. The molecule has 1 aromatic heterocycles. The summed E-state index contributed by atoms with van der Waals surface area (Å²) in [5.41, 5.74) is 2.68. The zero-order valence-electron chi connectivity index (χ0n) is 21.9. The number of furan rings is 1. The summed E-state index contributed by atoms with van der Waals surface area (Å²) in [6.07, 6.45) is 6.86. The van der Waals surface area contributed by atoms with Crippen LogP contribution < -0.4 is 0 Å². The lowest BCUT2D eigenvalue weighted by Gasteiger charge is -2.36. The molecule has 0 atom stereocenters. The van der Waals surface area contributed by atoms with E-state index in [0.717, 1.165) is 20.6 Å². The van der Waals surface area contributed by atoms with E-state index in [4.69, 9.17) is 4.42 Å². The number of carboxylic acid groups (broad SMARTS) is 1. The summed E-state index contributed by atoms with van der Waals surface area (Å²) in [4.78, 5) is 12.0. The van der Waals surface area contributed by atoms with Crippen LogP contribution in [0.5, 0.6) is 0 Å². The van der Waals surface area contributed by atoms with Gasteiger partial charge in [0.05, 0.1) is 0 Å². The first-order valence-electron chi connectivity index (χ1n) is 13.1. The van der Waals surface area contributed by atoms with E-state index in [1.165, 1.54) is 18.2 Å². The van der Waals surface area contributed by atoms with Crippen molar-refractivity contribution < 1.29 is 27.1 Å². The summed E-state index contributed by atoms with van der Waals surface area (Å²) in [5.74, 6) is -2.06. The Balaban J connectivity index is 1.56. The van der Waals surface area contributed by atoms with Crippen molar-refractivity contribution in [3.8, 4) is 0 Å². The molecular formula is C33H26FNO5S. The van der Waals surface area contributed by atoms with Crippen LogP contribution in [0.4, 0.5) is 4.39 Å². The largest absolute Gasteiger partial charge is 0.480 e. The third-order valence-electron chi connectivity index (χ3n) is 7.44. The quantitative estimate of drug-likeness (QED) is 0.210. The number of hydrogen-bond donors (Lipinski definition) is 1. The number of fused-ring (bicyclic) bond motifs is 3. The van der Waals surface area contributed by atoms with Gasteiger partial charge in [0.1, 0.15) is 23.5 Å². The van der Waals surface area contributed by atoms with Crippen LogP contribution in [0.2, 0.25) is 0 Å². The second-order valence-electron chi connectivity index (χ2n) is 10.0. The zero-order chi connectivity index (χ0) is 28.6. The van der Waals surface area contributed by atoms with Gasteiger partial charge in [-0.05, 0) is 29.3 Å². The smallest absolute Gasteiger partial charge is 0.318 e. The van der Waals surface area contributed by atoms with Crippen LogP contribution in [0.3, 0.4) is 0 Å². The predicted octanol–water partition coefficient (Wildman–Crippen LogP) is 6.75. The Morgan fingerprint density at radius 1 is 0.878 bits per heavy atom. The number of allylic oxidation sites excluding steroid dienone is 2. The number of carboxylic acids is 1. The summed E-state index contributed by atoms with van der Waals surface area (Å²) in [6.45, 7) is -1.13. The van der Waals surface area contributed by atoms with Crippen molar-refractivity contribution in [2.75, 3.05) is 6.54 Å². The minimum Gasteiger partial charge on any atom is -0.480 e. The minimum atomic E-state index is -4.48. The predicted molar refractivity (Wildman–Crippen MR) is 156 cm³/mol. The average Bonchev–Trinajstić information content (AvgIpc) is 3.36. The highest BCUT2D eigenvalue weighted by Gasteiger charge is 2.48. The Labute approximate surface area is 236 Å². The fourth-order valence-electron chi connectivity index (χ4n) is 5.49. The molecule has 0 radical (unpaired) electrons. The zero-order valence-corrected chi connectivity index (χ0v) is 22.7. The minimum absolute atomic E-state index is 0.189. The molecule has 0 fully saturated rings. The lowest BCUT2D eigenvalue weighted by molar-refractivity contribution is -0.137. The Morgan fingerprint density at radius 2 is 1.56 bits per heavy atom. The van der Waals surface area contributed by atoms with E-state index in [-0.39, 0.29) is 12.5 Å². The number of hydrogen-bond acceptors (Lipinski definition) is 4. The van der Waals surface area contributed by atoms with Gasteiger partial charge < -0.3 is 9.52 Å². The molecule has 6 rings (SSSR count). The first-order valence-corrected chi connectivity index (χ1v) is 14.5. The van der Waals surface area contributed by atoms with Crippen LogP contribution in [-0.4, -0.2) is 30.3 Å². The van der Waals surface area contributed by atoms with E-state index in [0.29, 0.717) is 22.3 Å². The highest BCUT2D eigenvalue weighted by Crippen LogP contribution is 2.45. The number of rotatable bonds is 8. The second kappa shape index (κ2) is 10.5. The molecule has 6 nitrogen and oxygen atoms in total. The van der Waals surface area contributed by atoms with Gasteiger partial charge in [-0.15, -0.1) is 0 Å². The van der Waals surface area contributed by atoms with Crippen LogP contribution in [0.25, 0.3) is 21.9 Å². The van der Waals surface area contributed by atoms with Crippen molar-refractivity contribution in [3.63, 3.8) is 0 Å². The molecule has 1 N–H and O–H groups in total. The molecule has 1 aliphatic carbocycles. The van der Waals surface area contributed by atoms with E-state index in [9.17, 15) is 22.7 Å². The van der Waals surface area contributed by atoms with Gasteiger partial charge in [-0.2, -0.15) is 4.31 Å². The van der Waals surface area contributed by atoms with Crippen molar-refractivity contribution in [3.05, 3.63) is 144 Å². The van der Waals surface area contributed by atoms with Gasteiger partial charge in [0.25, 0.3) is 0 Å². The first kappa shape index (κ1) is 26.7. The molecule has 0 aliphatic heterocycles. The molecule has 206 valence electrons. The first-order chi connectivity index (χ1) is 19.8. The maximum Gasteiger partial charge on any atom is 0.318 e. The monoisotopic (exact) mass is 567 g/mol. The van der Waals surface area contributed by atoms with Crippen molar-refractivity contribution in [1.82, 2.24) is 4.31 Å². The molecule has 0 spiro atoms. The number of benzene rings is 4. The van der Waals surface area contributed by atoms with Crippen molar-refractivity contribution in [1.29, 1.82) is 0 Å². The van der Waals surface area contributed by atoms with Gasteiger partial charge in [0.15, 0.2) is 4.75 Å². The van der Waals surface area contributed by atoms with Crippen molar-refractivity contribution in [2.45, 2.75) is 17.2 Å². The maximum absolute atomic E-state index is 14.8. The third kappa shape index (κ3) is 4.75. The number of nitrogens with zero attached hydrogens (tertiary/aromatic N) is 1. The molecule has 1 aliphatic rings. The van der Waals surface area contributed by atoms with Gasteiger partial charge in [-0.1, -0.05) is 103 Å². The standard InChI is InChI=1S/C33H26FNO5S/c34-26-11-6-8-23(20-26)21-35(22-31(36)37)41(38,39)33(18-16-25(17-19-33)24-9-2-1-3-10-24)29-14-7-13-28-27-12-4-5-15-30(27)40-32(28)29/h1-20,25H,21-22H2,(H,36,37). The maximum atomic E-state index is 14.8. The molecule has 0 unspecified atom stereocenters. The number of carbonyl (C=O) groups is 1. The molecule has 0 saturated carbocycles. The summed E-state index contributed by atoms with van der Waals surface area (Å²) < 4.78 is 48.9. The molecule has 41 heavy (non-hydrogen) atoms. The summed E-state index contributed by atoms with van der Waals surface area (Å²) in [5, 5.41) is 11.3. The number of para-hydroxylation sites is 2. The van der Waals surface area contributed by atoms with Crippen LogP contribution in [0.1, 0.15) is 22.6 Å². The highest BCUT2D eigenvalue weighted by molar-refractivity contribution is 7.90. The molecule has 1 heterocycles. The average molecular weight is 568 g/mol. The van der Waals surface area contributed by atoms with Gasteiger partial charge in [-0.3, -0.25) is 4.79 Å². The molecule has 8 heteroatoms. The van der Waals surface area contributed by atoms with Gasteiger partial charge in [0.2, 0.25) is 10.0 Å². The summed E-state index contributed by atoms with van der Waals surface area (Å²) in [7, 11) is -4.48. The van der Waals surface area contributed by atoms with Crippen LogP contribution in [-0.2, 0) is 26.1 Å². The number of aliphatic carboxylic acids is 1. The highest BCUT2D eigenvalue weighted by atomic mass is 32.2. The van der Waals surface area contributed by atoms with Gasteiger partial charge in [-0.25, -0.2) is 12.8 Å². The normalized spacial score (nSPS) is 18.8. The lowest BCUT2D eigenvalue weighted by Crippen LogP contribution is -2.46. The van der Waals surface area contributed by atoms with Crippen LogP contribution >= 0.6 is 0 Å². The van der Waals surface area contributed by atoms with Gasteiger partial charge >= 0.3 is 5.97 Å². The van der Waals surface area contributed by atoms with Gasteiger partial charge in [0, 0.05) is 28.8 Å². The van der Waals surface area contributed by atoms with Crippen molar-refractivity contribution >= 4 is 37.9 Å². The summed E-state index contributed by atoms with van der Waals surface area (Å²) in [6, 6.07) is 27.9. The number of halogens is 1. The molecule has 0 amide bonds.